The molecule has 1 saturated heterocycles. The summed E-state index contributed by atoms with van der Waals surface area (Å²) < 4.78 is 0. The minimum absolute atomic E-state index is 0.0393. The van der Waals surface area contributed by atoms with E-state index in [1.54, 1.807) is 12.4 Å². The largest absolute Gasteiger partial charge is 0.369 e. The van der Waals surface area contributed by atoms with Gasteiger partial charge in [0.2, 0.25) is 17.8 Å². The third-order valence-corrected chi connectivity index (χ3v) is 6.96. The highest BCUT2D eigenvalue weighted by atomic mass is 16.2. The molecule has 2 aliphatic carbocycles. The molecule has 3 aliphatic rings. The third kappa shape index (κ3) is 4.52. The normalized spacial score (nSPS) is 29.2. The van der Waals surface area contributed by atoms with Crippen molar-refractivity contribution in [1.82, 2.24) is 20.2 Å². The Balaban J connectivity index is 1.12. The van der Waals surface area contributed by atoms with Crippen molar-refractivity contribution in [3.05, 3.63) is 18.5 Å². The van der Waals surface area contributed by atoms with Crippen LogP contribution in [-0.2, 0) is 9.59 Å². The van der Waals surface area contributed by atoms with Crippen molar-refractivity contribution >= 4 is 17.8 Å². The number of piperazine rings is 1. The van der Waals surface area contributed by atoms with Crippen LogP contribution in [0.5, 0.6) is 0 Å². The van der Waals surface area contributed by atoms with Gasteiger partial charge in [0.05, 0.1) is 11.8 Å². The zero-order valence-corrected chi connectivity index (χ0v) is 17.0. The molecular formula is C21H32N6O2. The van der Waals surface area contributed by atoms with Crippen molar-refractivity contribution in [3.63, 3.8) is 0 Å². The number of unbranched alkanes of at least 4 members (excludes halogenated alkanes) is 1. The second-order valence-corrected chi connectivity index (χ2v) is 8.66. The first-order valence-electron chi connectivity index (χ1n) is 10.9. The number of primary amides is 1. The average Bonchev–Trinajstić information content (AvgIpc) is 3.36. The Bertz CT molecular complexity index is 706. The summed E-state index contributed by atoms with van der Waals surface area (Å²) in [6, 6.07) is 1.84. The lowest BCUT2D eigenvalue weighted by atomic mass is 9.78. The molecule has 158 valence electrons. The van der Waals surface area contributed by atoms with Gasteiger partial charge in [-0.05, 0) is 56.6 Å². The van der Waals surface area contributed by atoms with Gasteiger partial charge in [-0.15, -0.1) is 0 Å². The lowest BCUT2D eigenvalue weighted by molar-refractivity contribution is -0.135. The molecule has 8 nitrogen and oxygen atoms in total. The molecule has 4 unspecified atom stereocenters. The standard InChI is InChI=1S/C21H32N6O2/c22-19(28)17-15-4-5-16(14-15)18(17)20(29)23-6-1-2-9-26-10-12-27(13-11-26)21-24-7-3-8-25-21/h3,7-8,15-18H,1-2,4-6,9-14H2,(H2,22,28)(H,23,29). The predicted molar refractivity (Wildman–Crippen MR) is 110 cm³/mol. The minimum Gasteiger partial charge on any atom is -0.369 e. The summed E-state index contributed by atoms with van der Waals surface area (Å²) in [5.41, 5.74) is 5.58. The highest BCUT2D eigenvalue weighted by molar-refractivity contribution is 5.88. The number of rotatable bonds is 8. The second kappa shape index (κ2) is 9.07. The molecule has 1 aromatic heterocycles. The Morgan fingerprint density at radius 2 is 1.72 bits per heavy atom. The fraction of sp³-hybridized carbons (Fsp3) is 0.714. The number of amides is 2. The maximum absolute atomic E-state index is 12.6. The summed E-state index contributed by atoms with van der Waals surface area (Å²) in [7, 11) is 0. The second-order valence-electron chi connectivity index (χ2n) is 8.66. The Morgan fingerprint density at radius 1 is 1.03 bits per heavy atom. The molecule has 2 amide bonds. The molecule has 3 N–H and O–H groups in total. The van der Waals surface area contributed by atoms with Crippen molar-refractivity contribution in [2.45, 2.75) is 32.1 Å². The first-order chi connectivity index (χ1) is 14.1. The van der Waals surface area contributed by atoms with Gasteiger partial charge in [0.1, 0.15) is 0 Å². The van der Waals surface area contributed by atoms with E-state index in [-0.39, 0.29) is 23.7 Å². The lowest BCUT2D eigenvalue weighted by Crippen LogP contribution is -2.47. The van der Waals surface area contributed by atoms with E-state index >= 15 is 0 Å². The molecule has 29 heavy (non-hydrogen) atoms. The van der Waals surface area contributed by atoms with Crippen molar-refractivity contribution in [2.75, 3.05) is 44.2 Å². The quantitative estimate of drug-likeness (QED) is 0.621. The topological polar surface area (TPSA) is 104 Å². The van der Waals surface area contributed by atoms with E-state index in [9.17, 15) is 9.59 Å². The summed E-state index contributed by atoms with van der Waals surface area (Å²) in [6.07, 6.45) is 8.68. The number of fused-ring (bicyclic) bond motifs is 2. The molecule has 1 aliphatic heterocycles. The van der Waals surface area contributed by atoms with Gasteiger partial charge in [-0.2, -0.15) is 0 Å². The molecule has 2 bridgehead atoms. The average molecular weight is 401 g/mol. The van der Waals surface area contributed by atoms with Gasteiger partial charge in [0.25, 0.3) is 0 Å². The van der Waals surface area contributed by atoms with E-state index in [1.807, 2.05) is 6.07 Å². The number of nitrogens with one attached hydrogen (secondary N) is 1. The van der Waals surface area contributed by atoms with E-state index in [4.69, 9.17) is 5.73 Å². The smallest absolute Gasteiger partial charge is 0.225 e. The number of aromatic nitrogens is 2. The lowest BCUT2D eigenvalue weighted by Gasteiger charge is -2.34. The number of nitrogens with zero attached hydrogens (tertiary/aromatic N) is 4. The molecule has 0 radical (unpaired) electrons. The van der Waals surface area contributed by atoms with Crippen molar-refractivity contribution in [2.24, 2.45) is 29.4 Å². The zero-order valence-electron chi connectivity index (χ0n) is 17.0. The molecule has 4 rings (SSSR count). The number of nitrogens with two attached hydrogens (primary N) is 1. The highest BCUT2D eigenvalue weighted by Gasteiger charge is 2.52. The summed E-state index contributed by atoms with van der Waals surface area (Å²) in [5.74, 6) is 0.786. The Kier molecular flexibility index (Phi) is 6.28. The SMILES string of the molecule is NC(=O)C1C2CCC(C2)C1C(=O)NCCCCN1CCN(c2ncccn2)CC1. The molecule has 0 aromatic carbocycles. The zero-order chi connectivity index (χ0) is 20.2. The summed E-state index contributed by atoms with van der Waals surface area (Å²) in [4.78, 5) is 37.8. The fourth-order valence-electron chi connectivity index (χ4n) is 5.49. The van der Waals surface area contributed by atoms with E-state index in [2.05, 4.69) is 25.1 Å². The molecule has 3 fully saturated rings. The minimum atomic E-state index is -0.294. The Morgan fingerprint density at radius 3 is 2.41 bits per heavy atom. The molecule has 8 heteroatoms. The van der Waals surface area contributed by atoms with Gasteiger partial charge in [-0.1, -0.05) is 0 Å². The summed E-state index contributed by atoms with van der Waals surface area (Å²) >= 11 is 0. The van der Waals surface area contributed by atoms with E-state index in [0.717, 1.165) is 70.8 Å². The van der Waals surface area contributed by atoms with Gasteiger partial charge in [-0.25, -0.2) is 9.97 Å². The molecule has 4 atom stereocenters. The van der Waals surface area contributed by atoms with Gasteiger partial charge < -0.3 is 16.0 Å². The number of hydrogen-bond donors (Lipinski definition) is 2. The fourth-order valence-corrected chi connectivity index (χ4v) is 5.49. The van der Waals surface area contributed by atoms with Crippen LogP contribution in [0.3, 0.4) is 0 Å². The van der Waals surface area contributed by atoms with Crippen molar-refractivity contribution in [3.8, 4) is 0 Å². The van der Waals surface area contributed by atoms with Crippen LogP contribution in [0.4, 0.5) is 5.95 Å². The number of hydrogen-bond acceptors (Lipinski definition) is 6. The van der Waals surface area contributed by atoms with Crippen LogP contribution in [-0.4, -0.2) is 66.0 Å². The van der Waals surface area contributed by atoms with Crippen LogP contribution in [0, 0.1) is 23.7 Å². The van der Waals surface area contributed by atoms with E-state index < -0.39 is 0 Å². The van der Waals surface area contributed by atoms with Gasteiger partial charge in [0, 0.05) is 45.1 Å². The van der Waals surface area contributed by atoms with Gasteiger partial charge >= 0.3 is 0 Å². The van der Waals surface area contributed by atoms with Crippen molar-refractivity contribution in [1.29, 1.82) is 0 Å². The number of carbonyl (C=O) groups excluding carboxylic acids is 2. The third-order valence-electron chi connectivity index (χ3n) is 6.96. The highest BCUT2D eigenvalue weighted by Crippen LogP contribution is 2.52. The first-order valence-corrected chi connectivity index (χ1v) is 10.9. The van der Waals surface area contributed by atoms with Crippen LogP contribution in [0.15, 0.2) is 18.5 Å². The predicted octanol–water partition coefficient (Wildman–Crippen LogP) is 0.643. The molecule has 2 saturated carbocycles. The van der Waals surface area contributed by atoms with Crippen LogP contribution in [0.2, 0.25) is 0 Å². The molecule has 1 aromatic rings. The van der Waals surface area contributed by atoms with Crippen LogP contribution in [0.1, 0.15) is 32.1 Å². The molecule has 2 heterocycles. The van der Waals surface area contributed by atoms with Gasteiger partial charge in [0.15, 0.2) is 0 Å². The molecule has 0 spiro atoms. The first kappa shape index (κ1) is 20.1. The van der Waals surface area contributed by atoms with Crippen LogP contribution in [0.25, 0.3) is 0 Å². The maximum atomic E-state index is 12.6. The van der Waals surface area contributed by atoms with E-state index in [0.29, 0.717) is 18.4 Å². The van der Waals surface area contributed by atoms with E-state index in [1.165, 1.54) is 0 Å². The summed E-state index contributed by atoms with van der Waals surface area (Å²) in [6.45, 7) is 5.62. The van der Waals surface area contributed by atoms with Crippen molar-refractivity contribution < 1.29 is 9.59 Å². The summed E-state index contributed by atoms with van der Waals surface area (Å²) in [5, 5.41) is 3.07. The van der Waals surface area contributed by atoms with Crippen LogP contribution < -0.4 is 16.0 Å². The number of carbonyl (C=O) groups is 2. The van der Waals surface area contributed by atoms with Gasteiger partial charge in [-0.3, -0.25) is 14.5 Å². The number of anilines is 1. The Hall–Kier alpha value is -2.22. The Labute approximate surface area is 172 Å². The monoisotopic (exact) mass is 400 g/mol. The molecular weight excluding hydrogens is 368 g/mol. The maximum Gasteiger partial charge on any atom is 0.225 e. The van der Waals surface area contributed by atoms with Crippen LogP contribution >= 0.6 is 0 Å².